The summed E-state index contributed by atoms with van der Waals surface area (Å²) in [6, 6.07) is 7.76. The summed E-state index contributed by atoms with van der Waals surface area (Å²) >= 11 is 1.35. The van der Waals surface area contributed by atoms with Crippen LogP contribution in [0.15, 0.2) is 29.4 Å². The molecule has 28 heavy (non-hydrogen) atoms. The number of hydrogen-bond acceptors (Lipinski definition) is 6. The largest absolute Gasteiger partial charge is 0.325 e. The minimum Gasteiger partial charge on any atom is -0.325 e. The number of tetrazole rings is 1. The van der Waals surface area contributed by atoms with Crippen molar-refractivity contribution in [1.82, 2.24) is 20.2 Å². The Morgan fingerprint density at radius 1 is 1.21 bits per heavy atom. The van der Waals surface area contributed by atoms with E-state index >= 15 is 0 Å². The maximum atomic E-state index is 12.4. The smallest absolute Gasteiger partial charge is 0.234 e. The van der Waals surface area contributed by atoms with Crippen LogP contribution in [0.4, 0.5) is 11.4 Å². The first kappa shape index (κ1) is 18.9. The van der Waals surface area contributed by atoms with Crippen molar-refractivity contribution in [2.75, 3.05) is 22.5 Å². The zero-order valence-electron chi connectivity index (χ0n) is 15.7. The minimum atomic E-state index is -0.118. The summed E-state index contributed by atoms with van der Waals surface area (Å²) in [5.74, 6) is 0.252. The molecule has 0 atom stereocenters. The molecule has 1 aliphatic heterocycles. The molecule has 2 amide bonds. The van der Waals surface area contributed by atoms with Crippen molar-refractivity contribution in [3.8, 4) is 0 Å². The van der Waals surface area contributed by atoms with Crippen molar-refractivity contribution < 1.29 is 9.59 Å². The monoisotopic (exact) mass is 400 g/mol. The number of anilines is 2. The second-order valence-corrected chi connectivity index (χ2v) is 8.18. The molecule has 9 heteroatoms. The van der Waals surface area contributed by atoms with E-state index in [1.54, 1.807) is 4.90 Å². The molecular formula is C19H24N6O2S. The molecule has 2 fully saturated rings. The average molecular weight is 401 g/mol. The van der Waals surface area contributed by atoms with Crippen LogP contribution in [0.1, 0.15) is 51.0 Å². The molecular weight excluding hydrogens is 376 g/mol. The summed E-state index contributed by atoms with van der Waals surface area (Å²) in [7, 11) is 0. The van der Waals surface area contributed by atoms with E-state index < -0.39 is 0 Å². The predicted molar refractivity (Wildman–Crippen MR) is 107 cm³/mol. The van der Waals surface area contributed by atoms with E-state index in [4.69, 9.17) is 0 Å². The quantitative estimate of drug-likeness (QED) is 0.749. The molecule has 2 aromatic rings. The fourth-order valence-corrected chi connectivity index (χ4v) is 4.58. The van der Waals surface area contributed by atoms with Crippen LogP contribution < -0.4 is 10.2 Å². The van der Waals surface area contributed by atoms with Crippen molar-refractivity contribution >= 4 is 35.0 Å². The zero-order chi connectivity index (χ0) is 19.3. The average Bonchev–Trinajstić information content (AvgIpc) is 3.36. The lowest BCUT2D eigenvalue weighted by Gasteiger charge is -2.21. The van der Waals surface area contributed by atoms with E-state index in [2.05, 4.69) is 20.8 Å². The Morgan fingerprint density at radius 2 is 2.07 bits per heavy atom. The highest BCUT2D eigenvalue weighted by Crippen LogP contribution is 2.30. The second-order valence-electron chi connectivity index (χ2n) is 7.23. The Balaban J connectivity index is 1.34. The van der Waals surface area contributed by atoms with Gasteiger partial charge in [-0.3, -0.25) is 9.59 Å². The number of carbonyl (C=O) groups excluding carboxylic acids is 2. The summed E-state index contributed by atoms with van der Waals surface area (Å²) in [6.07, 6.45) is 7.31. The van der Waals surface area contributed by atoms with Gasteiger partial charge in [0.25, 0.3) is 0 Å². The number of hydrogen-bond donors (Lipinski definition) is 1. The summed E-state index contributed by atoms with van der Waals surface area (Å²) in [4.78, 5) is 26.1. The van der Waals surface area contributed by atoms with Gasteiger partial charge in [0, 0.05) is 24.3 Å². The first-order chi connectivity index (χ1) is 13.7. The van der Waals surface area contributed by atoms with E-state index in [1.165, 1.54) is 31.0 Å². The third-order valence-corrected chi connectivity index (χ3v) is 6.16. The molecule has 1 saturated carbocycles. The maximum absolute atomic E-state index is 12.4. The predicted octanol–water partition coefficient (Wildman–Crippen LogP) is 3.04. The van der Waals surface area contributed by atoms with Crippen molar-refractivity contribution in [2.45, 2.75) is 56.1 Å². The molecule has 8 nitrogen and oxygen atoms in total. The maximum Gasteiger partial charge on any atom is 0.234 e. The number of thioether (sulfide) groups is 1. The number of nitrogens with one attached hydrogen (secondary N) is 1. The molecule has 2 heterocycles. The highest BCUT2D eigenvalue weighted by molar-refractivity contribution is 7.99. The van der Waals surface area contributed by atoms with Gasteiger partial charge in [0.1, 0.15) is 0 Å². The molecule has 1 aromatic heterocycles. The number of aromatic nitrogens is 4. The third-order valence-electron chi connectivity index (χ3n) is 5.23. The Bertz CT molecular complexity index is 848. The van der Waals surface area contributed by atoms with Gasteiger partial charge in [-0.2, -0.15) is 0 Å². The summed E-state index contributed by atoms with van der Waals surface area (Å²) in [5.41, 5.74) is 1.52. The van der Waals surface area contributed by atoms with Crippen LogP contribution in [-0.2, 0) is 9.59 Å². The van der Waals surface area contributed by atoms with Crippen LogP contribution in [0.5, 0.6) is 0 Å². The topological polar surface area (TPSA) is 93.0 Å². The zero-order valence-corrected chi connectivity index (χ0v) is 16.5. The molecule has 0 radical (unpaired) electrons. The van der Waals surface area contributed by atoms with Crippen molar-refractivity contribution in [2.24, 2.45) is 0 Å². The second kappa shape index (κ2) is 8.72. The van der Waals surface area contributed by atoms with Crippen LogP contribution in [0.2, 0.25) is 0 Å². The molecule has 0 bridgehead atoms. The Hall–Kier alpha value is -2.42. The van der Waals surface area contributed by atoms with E-state index in [0.717, 1.165) is 31.5 Å². The van der Waals surface area contributed by atoms with Crippen LogP contribution in [0.25, 0.3) is 0 Å². The Kier molecular flexibility index (Phi) is 5.90. The lowest BCUT2D eigenvalue weighted by Crippen LogP contribution is -2.24. The number of benzene rings is 1. The summed E-state index contributed by atoms with van der Waals surface area (Å²) < 4.78 is 1.87. The van der Waals surface area contributed by atoms with Gasteiger partial charge in [-0.05, 0) is 47.9 Å². The van der Waals surface area contributed by atoms with Crippen LogP contribution in [-0.4, -0.2) is 44.3 Å². The summed E-state index contributed by atoms with van der Waals surface area (Å²) in [5, 5.41) is 15.6. The normalized spacial score (nSPS) is 17.9. The molecule has 2 aliphatic rings. The molecule has 0 unspecified atom stereocenters. The van der Waals surface area contributed by atoms with E-state index in [9.17, 15) is 9.59 Å². The fraction of sp³-hybridized carbons (Fsp3) is 0.526. The molecule has 1 N–H and O–H groups in total. The molecule has 4 rings (SSSR count). The van der Waals surface area contributed by atoms with E-state index in [0.29, 0.717) is 23.3 Å². The fourth-order valence-electron chi connectivity index (χ4n) is 3.84. The molecule has 1 aromatic carbocycles. The van der Waals surface area contributed by atoms with Gasteiger partial charge < -0.3 is 10.2 Å². The van der Waals surface area contributed by atoms with E-state index in [1.807, 2.05) is 28.9 Å². The van der Waals surface area contributed by atoms with Gasteiger partial charge in [-0.25, -0.2) is 4.68 Å². The molecule has 1 aliphatic carbocycles. The van der Waals surface area contributed by atoms with Gasteiger partial charge in [0.05, 0.1) is 11.8 Å². The van der Waals surface area contributed by atoms with Crippen LogP contribution in [0.3, 0.4) is 0 Å². The van der Waals surface area contributed by atoms with Gasteiger partial charge in [0.15, 0.2) is 0 Å². The Morgan fingerprint density at radius 3 is 2.86 bits per heavy atom. The Labute approximate surface area is 168 Å². The third kappa shape index (κ3) is 4.35. The molecule has 1 saturated heterocycles. The summed E-state index contributed by atoms with van der Waals surface area (Å²) in [6.45, 7) is 0.732. The van der Waals surface area contributed by atoms with Crippen LogP contribution in [0, 0.1) is 0 Å². The first-order valence-corrected chi connectivity index (χ1v) is 10.8. The number of nitrogens with zero attached hydrogens (tertiary/aromatic N) is 5. The van der Waals surface area contributed by atoms with Crippen LogP contribution >= 0.6 is 11.8 Å². The SMILES string of the molecule is O=C(CSc1nnnn1C1CCCCC1)Nc1cccc(N2CCCC2=O)c1. The minimum absolute atomic E-state index is 0.118. The van der Waals surface area contributed by atoms with E-state index in [-0.39, 0.29) is 17.6 Å². The van der Waals surface area contributed by atoms with Gasteiger partial charge in [-0.15, -0.1) is 5.10 Å². The van der Waals surface area contributed by atoms with Crippen molar-refractivity contribution in [3.63, 3.8) is 0 Å². The van der Waals surface area contributed by atoms with Gasteiger partial charge in [-0.1, -0.05) is 37.1 Å². The standard InChI is InChI=1S/C19H24N6O2S/c26-17(13-28-19-21-22-23-25(19)15-7-2-1-3-8-15)20-14-6-4-9-16(12-14)24-11-5-10-18(24)27/h4,6,9,12,15H,1-3,5,7-8,10-11,13H2,(H,20,26). The lowest BCUT2D eigenvalue weighted by molar-refractivity contribution is -0.117. The highest BCUT2D eigenvalue weighted by atomic mass is 32.2. The molecule has 148 valence electrons. The highest BCUT2D eigenvalue weighted by Gasteiger charge is 2.22. The van der Waals surface area contributed by atoms with Crippen molar-refractivity contribution in [1.29, 1.82) is 0 Å². The number of amides is 2. The van der Waals surface area contributed by atoms with Gasteiger partial charge >= 0.3 is 0 Å². The first-order valence-electron chi connectivity index (χ1n) is 9.81. The van der Waals surface area contributed by atoms with Crippen molar-refractivity contribution in [3.05, 3.63) is 24.3 Å². The number of carbonyl (C=O) groups is 2. The van der Waals surface area contributed by atoms with Gasteiger partial charge in [0.2, 0.25) is 17.0 Å². The lowest BCUT2D eigenvalue weighted by atomic mass is 9.96. The number of rotatable bonds is 6. The molecule has 0 spiro atoms.